The fourth-order valence-electron chi connectivity index (χ4n) is 2.30. The summed E-state index contributed by atoms with van der Waals surface area (Å²) in [6, 6.07) is 12.1. The van der Waals surface area contributed by atoms with Gasteiger partial charge in [0.25, 0.3) is 0 Å². The lowest BCUT2D eigenvalue weighted by molar-refractivity contribution is 0.589. The minimum atomic E-state index is 0.501. The van der Waals surface area contributed by atoms with E-state index in [9.17, 15) is 0 Å². The molecule has 0 amide bonds. The number of hydrogen-bond acceptors (Lipinski definition) is 5. The van der Waals surface area contributed by atoms with Gasteiger partial charge in [-0.25, -0.2) is 0 Å². The van der Waals surface area contributed by atoms with Crippen molar-refractivity contribution in [2.75, 3.05) is 36.8 Å². The molecule has 1 fully saturated rings. The number of piperazine rings is 1. The van der Waals surface area contributed by atoms with Crippen LogP contribution in [0.5, 0.6) is 0 Å². The zero-order valence-electron chi connectivity index (χ0n) is 10.7. The van der Waals surface area contributed by atoms with Gasteiger partial charge in [-0.3, -0.25) is 0 Å². The highest BCUT2D eigenvalue weighted by atomic mass is 15.2. The van der Waals surface area contributed by atoms with Gasteiger partial charge in [0.1, 0.15) is 0 Å². The number of nitrogens with zero attached hydrogens (tertiary/aromatic N) is 3. The van der Waals surface area contributed by atoms with Crippen LogP contribution in [0.25, 0.3) is 11.3 Å². The number of aromatic nitrogens is 2. The zero-order chi connectivity index (χ0) is 13.1. The van der Waals surface area contributed by atoms with Gasteiger partial charge in [-0.05, 0) is 6.07 Å². The fraction of sp³-hybridized carbons (Fsp3) is 0.286. The van der Waals surface area contributed by atoms with Crippen molar-refractivity contribution in [1.29, 1.82) is 0 Å². The van der Waals surface area contributed by atoms with Crippen molar-refractivity contribution < 1.29 is 0 Å². The number of hydrogen-bond donors (Lipinski definition) is 2. The molecule has 3 N–H and O–H groups in total. The molecule has 19 heavy (non-hydrogen) atoms. The van der Waals surface area contributed by atoms with Crippen molar-refractivity contribution in [2.24, 2.45) is 0 Å². The Bertz CT molecular complexity index is 549. The Labute approximate surface area is 112 Å². The van der Waals surface area contributed by atoms with E-state index in [0.717, 1.165) is 43.1 Å². The molecule has 5 nitrogen and oxygen atoms in total. The maximum Gasteiger partial charge on any atom is 0.169 e. The average Bonchev–Trinajstić information content (AvgIpc) is 2.49. The molecule has 1 aliphatic rings. The summed E-state index contributed by atoms with van der Waals surface area (Å²) in [7, 11) is 0. The van der Waals surface area contributed by atoms with E-state index in [2.05, 4.69) is 20.4 Å². The van der Waals surface area contributed by atoms with Gasteiger partial charge < -0.3 is 16.0 Å². The largest absolute Gasteiger partial charge is 0.380 e. The Hall–Kier alpha value is -2.14. The standard InChI is InChI=1S/C14H17N5/c15-14-13(19-8-6-16-7-9-19)10-12(17-18-14)11-4-2-1-3-5-11/h1-5,10,16H,6-9H2,(H2,15,18). The third kappa shape index (κ3) is 2.51. The summed E-state index contributed by atoms with van der Waals surface area (Å²) in [6.07, 6.45) is 0. The molecule has 0 spiro atoms. The number of nitrogens with one attached hydrogen (secondary N) is 1. The molecule has 0 saturated carbocycles. The molecule has 1 aromatic carbocycles. The Balaban J connectivity index is 1.96. The van der Waals surface area contributed by atoms with E-state index in [-0.39, 0.29) is 0 Å². The molecule has 0 radical (unpaired) electrons. The molecule has 1 aromatic heterocycles. The number of benzene rings is 1. The fourth-order valence-corrected chi connectivity index (χ4v) is 2.30. The summed E-state index contributed by atoms with van der Waals surface area (Å²) < 4.78 is 0. The molecule has 0 aliphatic carbocycles. The van der Waals surface area contributed by atoms with Gasteiger partial charge in [0, 0.05) is 31.7 Å². The van der Waals surface area contributed by atoms with Crippen molar-refractivity contribution in [2.45, 2.75) is 0 Å². The smallest absolute Gasteiger partial charge is 0.169 e. The average molecular weight is 255 g/mol. The second-order valence-corrected chi connectivity index (χ2v) is 4.60. The van der Waals surface area contributed by atoms with Crippen LogP contribution >= 0.6 is 0 Å². The Morgan fingerprint density at radius 1 is 1.05 bits per heavy atom. The third-order valence-electron chi connectivity index (χ3n) is 3.33. The quantitative estimate of drug-likeness (QED) is 0.842. The van der Waals surface area contributed by atoms with Gasteiger partial charge in [0.2, 0.25) is 0 Å². The van der Waals surface area contributed by atoms with Crippen molar-refractivity contribution in [3.63, 3.8) is 0 Å². The molecule has 1 aliphatic heterocycles. The van der Waals surface area contributed by atoms with E-state index in [4.69, 9.17) is 5.73 Å². The first-order valence-corrected chi connectivity index (χ1v) is 6.49. The summed E-state index contributed by atoms with van der Waals surface area (Å²) in [5.74, 6) is 0.501. The Morgan fingerprint density at radius 2 is 1.79 bits per heavy atom. The van der Waals surface area contributed by atoms with Gasteiger partial charge in [-0.1, -0.05) is 30.3 Å². The van der Waals surface area contributed by atoms with Gasteiger partial charge >= 0.3 is 0 Å². The summed E-state index contributed by atoms with van der Waals surface area (Å²) in [6.45, 7) is 3.85. The number of anilines is 2. The van der Waals surface area contributed by atoms with E-state index in [0.29, 0.717) is 5.82 Å². The highest BCUT2D eigenvalue weighted by Gasteiger charge is 2.15. The van der Waals surface area contributed by atoms with Crippen molar-refractivity contribution in [3.8, 4) is 11.3 Å². The molecule has 1 saturated heterocycles. The van der Waals surface area contributed by atoms with Crippen LogP contribution in [-0.4, -0.2) is 36.4 Å². The van der Waals surface area contributed by atoms with E-state index >= 15 is 0 Å². The van der Waals surface area contributed by atoms with E-state index in [1.165, 1.54) is 0 Å². The summed E-state index contributed by atoms with van der Waals surface area (Å²) in [4.78, 5) is 2.26. The van der Waals surface area contributed by atoms with Gasteiger partial charge in [0.15, 0.2) is 5.82 Å². The predicted molar refractivity (Wildman–Crippen MR) is 77.0 cm³/mol. The van der Waals surface area contributed by atoms with E-state index in [1.807, 2.05) is 36.4 Å². The van der Waals surface area contributed by atoms with Crippen LogP contribution in [0.4, 0.5) is 11.5 Å². The Morgan fingerprint density at radius 3 is 2.53 bits per heavy atom. The summed E-state index contributed by atoms with van der Waals surface area (Å²) >= 11 is 0. The first-order chi connectivity index (χ1) is 9.34. The zero-order valence-corrected chi connectivity index (χ0v) is 10.7. The molecule has 0 atom stereocenters. The molecule has 2 aromatic rings. The maximum atomic E-state index is 5.96. The second kappa shape index (κ2) is 5.24. The predicted octanol–water partition coefficient (Wildman–Crippen LogP) is 1.14. The lowest BCUT2D eigenvalue weighted by Crippen LogP contribution is -2.43. The van der Waals surface area contributed by atoms with Crippen LogP contribution in [0.3, 0.4) is 0 Å². The van der Waals surface area contributed by atoms with Crippen LogP contribution in [0, 0.1) is 0 Å². The van der Waals surface area contributed by atoms with E-state index in [1.54, 1.807) is 0 Å². The van der Waals surface area contributed by atoms with E-state index < -0.39 is 0 Å². The van der Waals surface area contributed by atoms with Crippen LogP contribution in [0.15, 0.2) is 36.4 Å². The summed E-state index contributed by atoms with van der Waals surface area (Å²) in [5, 5.41) is 11.6. The Kier molecular flexibility index (Phi) is 3.29. The number of nitrogens with two attached hydrogens (primary N) is 1. The lowest BCUT2D eigenvalue weighted by Gasteiger charge is -2.29. The topological polar surface area (TPSA) is 67.1 Å². The van der Waals surface area contributed by atoms with Crippen molar-refractivity contribution in [1.82, 2.24) is 15.5 Å². The monoisotopic (exact) mass is 255 g/mol. The normalized spacial score (nSPS) is 15.5. The van der Waals surface area contributed by atoms with Crippen LogP contribution in [0.2, 0.25) is 0 Å². The third-order valence-corrected chi connectivity index (χ3v) is 3.33. The SMILES string of the molecule is Nc1nnc(-c2ccccc2)cc1N1CCNCC1. The van der Waals surface area contributed by atoms with Gasteiger partial charge in [0.05, 0.1) is 11.4 Å². The minimum absolute atomic E-state index is 0.501. The van der Waals surface area contributed by atoms with Crippen LogP contribution in [-0.2, 0) is 0 Å². The highest BCUT2D eigenvalue weighted by Crippen LogP contribution is 2.26. The number of rotatable bonds is 2. The maximum absolute atomic E-state index is 5.96. The van der Waals surface area contributed by atoms with Crippen molar-refractivity contribution in [3.05, 3.63) is 36.4 Å². The number of nitrogen functional groups attached to an aromatic ring is 1. The first kappa shape index (κ1) is 11.9. The molecule has 0 bridgehead atoms. The second-order valence-electron chi connectivity index (χ2n) is 4.60. The van der Waals surface area contributed by atoms with Crippen LogP contribution < -0.4 is 16.0 Å². The first-order valence-electron chi connectivity index (χ1n) is 6.49. The molecule has 5 heteroatoms. The van der Waals surface area contributed by atoms with Crippen molar-refractivity contribution >= 4 is 11.5 Å². The molecule has 2 heterocycles. The van der Waals surface area contributed by atoms with Crippen LogP contribution in [0.1, 0.15) is 0 Å². The van der Waals surface area contributed by atoms with Gasteiger partial charge in [-0.2, -0.15) is 0 Å². The summed E-state index contributed by atoms with van der Waals surface area (Å²) in [5.41, 5.74) is 8.87. The lowest BCUT2D eigenvalue weighted by atomic mass is 10.1. The molecule has 3 rings (SSSR count). The molecule has 0 unspecified atom stereocenters. The molecular formula is C14H17N5. The van der Waals surface area contributed by atoms with Gasteiger partial charge in [-0.15, -0.1) is 10.2 Å². The highest BCUT2D eigenvalue weighted by molar-refractivity contribution is 5.71. The molecular weight excluding hydrogens is 238 g/mol. The molecule has 98 valence electrons. The minimum Gasteiger partial charge on any atom is -0.380 e.